The maximum atomic E-state index is 12.8. The minimum absolute atomic E-state index is 0.0632. The number of amides is 1. The molecule has 0 fully saturated rings. The number of carbonyl (C=O) groups is 1. The first-order chi connectivity index (χ1) is 12.9. The van der Waals surface area contributed by atoms with Crippen LogP contribution in [0.5, 0.6) is 5.75 Å². The third-order valence-electron chi connectivity index (χ3n) is 4.54. The van der Waals surface area contributed by atoms with E-state index in [1.807, 2.05) is 48.9 Å². The molecule has 2 aromatic heterocycles. The average molecular weight is 366 g/mol. The molecular formula is C21H26N4O2. The van der Waals surface area contributed by atoms with Gasteiger partial charge in [-0.1, -0.05) is 17.7 Å². The Bertz CT molecular complexity index is 945. The summed E-state index contributed by atoms with van der Waals surface area (Å²) in [5.74, 6) is 0.744. The Kier molecular flexibility index (Phi) is 5.44. The van der Waals surface area contributed by atoms with E-state index in [0.29, 0.717) is 24.4 Å². The predicted octanol–water partition coefficient (Wildman–Crippen LogP) is 3.78. The Morgan fingerprint density at radius 3 is 2.59 bits per heavy atom. The van der Waals surface area contributed by atoms with Crippen molar-refractivity contribution >= 4 is 16.9 Å². The quantitative estimate of drug-likeness (QED) is 0.666. The number of hydrogen-bond donors (Lipinski definition) is 0. The second-order valence-electron chi connectivity index (χ2n) is 7.11. The first kappa shape index (κ1) is 18.9. The van der Waals surface area contributed by atoms with Crippen molar-refractivity contribution in [2.45, 2.75) is 33.7 Å². The van der Waals surface area contributed by atoms with Crippen molar-refractivity contribution < 1.29 is 9.53 Å². The lowest BCUT2D eigenvalue weighted by Gasteiger charge is -2.18. The number of nitrogens with zero attached hydrogens (tertiary/aromatic N) is 4. The zero-order chi connectivity index (χ0) is 19.6. The van der Waals surface area contributed by atoms with Crippen molar-refractivity contribution in [3.05, 3.63) is 53.3 Å². The Hall–Kier alpha value is -2.89. The molecule has 0 bridgehead atoms. The fourth-order valence-electron chi connectivity index (χ4n) is 2.90. The summed E-state index contributed by atoms with van der Waals surface area (Å²) in [6.07, 6.45) is 1.76. The minimum Gasteiger partial charge on any atom is -0.492 e. The van der Waals surface area contributed by atoms with E-state index >= 15 is 0 Å². The fraction of sp³-hybridized carbons (Fsp3) is 0.381. The molecule has 1 amide bonds. The minimum atomic E-state index is -0.0632. The van der Waals surface area contributed by atoms with Gasteiger partial charge in [0.05, 0.1) is 24.0 Å². The molecule has 0 unspecified atom stereocenters. The Morgan fingerprint density at radius 1 is 1.22 bits per heavy atom. The molecule has 1 aromatic carbocycles. The molecule has 2 heterocycles. The van der Waals surface area contributed by atoms with Gasteiger partial charge in [0.25, 0.3) is 5.91 Å². The highest BCUT2D eigenvalue weighted by Crippen LogP contribution is 2.20. The maximum absolute atomic E-state index is 12.8. The van der Waals surface area contributed by atoms with Crippen LogP contribution in [0.4, 0.5) is 0 Å². The summed E-state index contributed by atoms with van der Waals surface area (Å²) in [5, 5.41) is 5.26. The highest BCUT2D eigenvalue weighted by Gasteiger charge is 2.18. The third kappa shape index (κ3) is 4.10. The molecule has 0 aliphatic carbocycles. The van der Waals surface area contributed by atoms with Crippen LogP contribution in [0.15, 0.2) is 36.5 Å². The van der Waals surface area contributed by atoms with Gasteiger partial charge in [-0.15, -0.1) is 0 Å². The number of aryl methyl sites for hydroxylation is 2. The number of rotatable bonds is 6. The molecule has 27 heavy (non-hydrogen) atoms. The fourth-order valence-corrected chi connectivity index (χ4v) is 2.90. The smallest absolute Gasteiger partial charge is 0.255 e. The van der Waals surface area contributed by atoms with Crippen LogP contribution in [-0.2, 0) is 0 Å². The lowest BCUT2D eigenvalue weighted by Crippen LogP contribution is -2.31. The summed E-state index contributed by atoms with van der Waals surface area (Å²) in [6, 6.07) is 9.98. The molecule has 0 aliphatic rings. The highest BCUT2D eigenvalue weighted by molar-refractivity contribution is 5.98. The monoisotopic (exact) mass is 366 g/mol. The van der Waals surface area contributed by atoms with E-state index < -0.39 is 0 Å². The van der Waals surface area contributed by atoms with Crippen LogP contribution in [0.25, 0.3) is 11.0 Å². The maximum Gasteiger partial charge on any atom is 0.255 e. The van der Waals surface area contributed by atoms with Gasteiger partial charge in [0, 0.05) is 18.5 Å². The molecule has 0 aliphatic heterocycles. The van der Waals surface area contributed by atoms with E-state index in [1.54, 1.807) is 18.1 Å². The van der Waals surface area contributed by atoms with Gasteiger partial charge in [-0.25, -0.2) is 9.67 Å². The summed E-state index contributed by atoms with van der Waals surface area (Å²) in [6.45, 7) is 8.95. The average Bonchev–Trinajstić information content (AvgIpc) is 3.05. The molecule has 6 heteroatoms. The number of likely N-dealkylation sites (N-methyl/N-ethyl adjacent to an activating group) is 1. The molecule has 3 aromatic rings. The Balaban J connectivity index is 1.69. The molecule has 142 valence electrons. The van der Waals surface area contributed by atoms with E-state index in [4.69, 9.17) is 4.74 Å². The summed E-state index contributed by atoms with van der Waals surface area (Å²) >= 11 is 0. The molecule has 0 saturated carbocycles. The van der Waals surface area contributed by atoms with Crippen LogP contribution in [0, 0.1) is 13.8 Å². The number of pyridine rings is 1. The largest absolute Gasteiger partial charge is 0.492 e. The molecule has 3 rings (SSSR count). The van der Waals surface area contributed by atoms with Gasteiger partial charge in [0.15, 0.2) is 5.65 Å². The van der Waals surface area contributed by atoms with E-state index in [9.17, 15) is 4.79 Å². The van der Waals surface area contributed by atoms with Crippen molar-refractivity contribution in [2.75, 3.05) is 20.2 Å². The van der Waals surface area contributed by atoms with Crippen LogP contribution >= 0.6 is 0 Å². The van der Waals surface area contributed by atoms with Gasteiger partial charge in [0.2, 0.25) is 0 Å². The molecular weight excluding hydrogens is 340 g/mol. The number of aromatic nitrogens is 3. The van der Waals surface area contributed by atoms with Crippen LogP contribution < -0.4 is 4.74 Å². The van der Waals surface area contributed by atoms with Gasteiger partial charge in [-0.05, 0) is 45.9 Å². The van der Waals surface area contributed by atoms with Crippen LogP contribution in [0.2, 0.25) is 0 Å². The number of ether oxygens (including phenoxy) is 1. The predicted molar refractivity (Wildman–Crippen MR) is 106 cm³/mol. The molecule has 0 atom stereocenters. The Morgan fingerprint density at radius 2 is 1.93 bits per heavy atom. The van der Waals surface area contributed by atoms with Crippen LogP contribution in [0.3, 0.4) is 0 Å². The number of fused-ring (bicyclic) bond motifs is 1. The normalized spacial score (nSPS) is 11.2. The molecule has 0 spiro atoms. The zero-order valence-corrected chi connectivity index (χ0v) is 16.6. The van der Waals surface area contributed by atoms with Gasteiger partial charge < -0.3 is 9.64 Å². The second kappa shape index (κ2) is 7.78. The van der Waals surface area contributed by atoms with E-state index in [0.717, 1.165) is 16.8 Å². The van der Waals surface area contributed by atoms with Crippen LogP contribution in [0.1, 0.15) is 41.5 Å². The molecule has 0 N–H and O–H groups in total. The first-order valence-corrected chi connectivity index (χ1v) is 9.16. The number of benzene rings is 1. The number of carbonyl (C=O) groups excluding carboxylic acids is 1. The third-order valence-corrected chi connectivity index (χ3v) is 4.54. The topological polar surface area (TPSA) is 60.2 Å². The van der Waals surface area contributed by atoms with Crippen LogP contribution in [-0.4, -0.2) is 45.8 Å². The van der Waals surface area contributed by atoms with Crippen molar-refractivity contribution in [3.8, 4) is 5.75 Å². The highest BCUT2D eigenvalue weighted by atomic mass is 16.5. The van der Waals surface area contributed by atoms with Crippen molar-refractivity contribution in [1.82, 2.24) is 19.7 Å². The van der Waals surface area contributed by atoms with E-state index in [-0.39, 0.29) is 11.9 Å². The van der Waals surface area contributed by atoms with E-state index in [2.05, 4.69) is 23.9 Å². The van der Waals surface area contributed by atoms with Gasteiger partial charge in [-0.3, -0.25) is 4.79 Å². The second-order valence-corrected chi connectivity index (χ2v) is 7.11. The SMILES string of the molecule is Cc1ccc(OCCN(C)C(=O)c2cc3cnn(C(C)C)c3nc2C)cc1. The van der Waals surface area contributed by atoms with Crippen molar-refractivity contribution in [3.63, 3.8) is 0 Å². The Labute approximate surface area is 159 Å². The first-order valence-electron chi connectivity index (χ1n) is 9.16. The lowest BCUT2D eigenvalue weighted by molar-refractivity contribution is 0.0773. The standard InChI is InChI=1S/C21H26N4O2/c1-14(2)25-20-17(13-22-25)12-19(16(4)23-20)21(26)24(5)10-11-27-18-8-6-15(3)7-9-18/h6-9,12-14H,10-11H2,1-5H3. The zero-order valence-electron chi connectivity index (χ0n) is 16.6. The van der Waals surface area contributed by atoms with Crippen molar-refractivity contribution in [2.24, 2.45) is 0 Å². The molecule has 6 nitrogen and oxygen atoms in total. The number of hydrogen-bond acceptors (Lipinski definition) is 4. The lowest BCUT2D eigenvalue weighted by atomic mass is 10.1. The van der Waals surface area contributed by atoms with Gasteiger partial charge in [0.1, 0.15) is 12.4 Å². The van der Waals surface area contributed by atoms with Crippen molar-refractivity contribution in [1.29, 1.82) is 0 Å². The summed E-state index contributed by atoms with van der Waals surface area (Å²) in [4.78, 5) is 19.1. The summed E-state index contributed by atoms with van der Waals surface area (Å²) < 4.78 is 7.60. The van der Waals surface area contributed by atoms with Gasteiger partial charge >= 0.3 is 0 Å². The van der Waals surface area contributed by atoms with E-state index in [1.165, 1.54) is 5.56 Å². The summed E-state index contributed by atoms with van der Waals surface area (Å²) in [7, 11) is 1.78. The molecule has 0 radical (unpaired) electrons. The summed E-state index contributed by atoms with van der Waals surface area (Å²) in [5.41, 5.74) is 3.31. The van der Waals surface area contributed by atoms with Gasteiger partial charge in [-0.2, -0.15) is 5.10 Å². The molecule has 0 saturated heterocycles.